The highest BCUT2D eigenvalue weighted by atomic mass is 35.5. The van der Waals surface area contributed by atoms with Gasteiger partial charge in [0.25, 0.3) is 11.8 Å². The van der Waals surface area contributed by atoms with Gasteiger partial charge in [0, 0.05) is 25.0 Å². The van der Waals surface area contributed by atoms with Gasteiger partial charge in [0.2, 0.25) is 0 Å². The molecule has 0 aliphatic rings. The van der Waals surface area contributed by atoms with Crippen molar-refractivity contribution in [2.75, 3.05) is 5.32 Å². The second kappa shape index (κ2) is 7.92. The van der Waals surface area contributed by atoms with Gasteiger partial charge in [0.15, 0.2) is 17.3 Å². The number of hydrogen-bond donors (Lipinski definition) is 3. The van der Waals surface area contributed by atoms with Crippen molar-refractivity contribution < 1.29 is 18.4 Å². The standard InChI is InChI=1S/C17H12ClF2N5O2/c18-11-6-13(20)12(19)5-10(11)16(26)23-15-7-14(24-25-15)17(27)22-8-9-1-3-21-4-2-9/h1-7H,8H2,(H,22,27)(H2,23,24,25,26). The second-order valence-electron chi connectivity index (χ2n) is 5.41. The molecule has 0 spiro atoms. The first-order chi connectivity index (χ1) is 12.9. The first-order valence-corrected chi connectivity index (χ1v) is 8.00. The highest BCUT2D eigenvalue weighted by Gasteiger charge is 2.17. The summed E-state index contributed by atoms with van der Waals surface area (Å²) in [6.45, 7) is 0.278. The lowest BCUT2D eigenvalue weighted by molar-refractivity contribution is 0.0945. The van der Waals surface area contributed by atoms with Gasteiger partial charge >= 0.3 is 0 Å². The summed E-state index contributed by atoms with van der Waals surface area (Å²) in [6.07, 6.45) is 3.21. The van der Waals surface area contributed by atoms with Crippen LogP contribution < -0.4 is 10.6 Å². The molecule has 3 rings (SSSR count). The van der Waals surface area contributed by atoms with Crippen molar-refractivity contribution in [2.24, 2.45) is 0 Å². The third-order valence-corrected chi connectivity index (χ3v) is 3.83. The van der Waals surface area contributed by atoms with Crippen molar-refractivity contribution in [1.29, 1.82) is 0 Å². The fourth-order valence-corrected chi connectivity index (χ4v) is 2.40. The Hall–Kier alpha value is -3.33. The monoisotopic (exact) mass is 391 g/mol. The van der Waals surface area contributed by atoms with Gasteiger partial charge in [-0.1, -0.05) is 11.6 Å². The molecule has 2 aromatic heterocycles. The van der Waals surface area contributed by atoms with Crippen LogP contribution in [0.3, 0.4) is 0 Å². The van der Waals surface area contributed by atoms with E-state index in [9.17, 15) is 18.4 Å². The lowest BCUT2D eigenvalue weighted by atomic mass is 10.2. The fourth-order valence-electron chi connectivity index (χ4n) is 2.16. The zero-order valence-electron chi connectivity index (χ0n) is 13.6. The fraction of sp³-hybridized carbons (Fsp3) is 0.0588. The van der Waals surface area contributed by atoms with Crippen molar-refractivity contribution in [3.63, 3.8) is 0 Å². The van der Waals surface area contributed by atoms with Crippen molar-refractivity contribution in [2.45, 2.75) is 6.54 Å². The van der Waals surface area contributed by atoms with E-state index >= 15 is 0 Å². The number of benzene rings is 1. The normalized spacial score (nSPS) is 10.5. The Kier molecular flexibility index (Phi) is 5.41. The average molecular weight is 392 g/mol. The summed E-state index contributed by atoms with van der Waals surface area (Å²) in [6, 6.07) is 6.19. The Bertz CT molecular complexity index is 994. The number of aromatic amines is 1. The topological polar surface area (TPSA) is 99.8 Å². The van der Waals surface area contributed by atoms with Gasteiger partial charge in [-0.15, -0.1) is 0 Å². The van der Waals surface area contributed by atoms with E-state index in [2.05, 4.69) is 25.8 Å². The predicted molar refractivity (Wildman–Crippen MR) is 93.3 cm³/mol. The largest absolute Gasteiger partial charge is 0.347 e. The minimum Gasteiger partial charge on any atom is -0.347 e. The molecule has 0 fully saturated rings. The number of carbonyl (C=O) groups excluding carboxylic acids is 2. The highest BCUT2D eigenvalue weighted by Crippen LogP contribution is 2.21. The van der Waals surface area contributed by atoms with E-state index in [1.807, 2.05) is 0 Å². The van der Waals surface area contributed by atoms with Gasteiger partial charge in [-0.25, -0.2) is 8.78 Å². The Balaban J connectivity index is 1.64. The smallest absolute Gasteiger partial charge is 0.272 e. The molecule has 0 aliphatic carbocycles. The number of hydrogen-bond acceptors (Lipinski definition) is 4. The molecular formula is C17H12ClF2N5O2. The first kappa shape index (κ1) is 18.5. The summed E-state index contributed by atoms with van der Waals surface area (Å²) < 4.78 is 26.4. The molecule has 27 heavy (non-hydrogen) atoms. The maximum absolute atomic E-state index is 13.3. The number of H-pyrrole nitrogens is 1. The molecule has 2 amide bonds. The number of rotatable bonds is 5. The van der Waals surface area contributed by atoms with Crippen LogP contribution in [0.15, 0.2) is 42.7 Å². The molecule has 0 unspecified atom stereocenters. The van der Waals surface area contributed by atoms with E-state index in [1.165, 1.54) is 6.07 Å². The van der Waals surface area contributed by atoms with Crippen LogP contribution in [0.2, 0.25) is 5.02 Å². The molecule has 0 atom stereocenters. The van der Waals surface area contributed by atoms with Crippen molar-refractivity contribution in [3.8, 4) is 0 Å². The summed E-state index contributed by atoms with van der Waals surface area (Å²) in [5.41, 5.74) is 0.639. The zero-order chi connectivity index (χ0) is 19.4. The molecule has 0 saturated carbocycles. The van der Waals surface area contributed by atoms with E-state index in [0.29, 0.717) is 12.1 Å². The molecule has 7 nitrogen and oxygen atoms in total. The van der Waals surface area contributed by atoms with Gasteiger partial charge in [0.05, 0.1) is 10.6 Å². The molecular weight excluding hydrogens is 380 g/mol. The third-order valence-electron chi connectivity index (χ3n) is 3.52. The Morgan fingerprint density at radius 2 is 1.78 bits per heavy atom. The molecule has 2 heterocycles. The van der Waals surface area contributed by atoms with Crippen LogP contribution >= 0.6 is 11.6 Å². The van der Waals surface area contributed by atoms with Crippen molar-refractivity contribution in [1.82, 2.24) is 20.5 Å². The summed E-state index contributed by atoms with van der Waals surface area (Å²) in [7, 11) is 0. The number of aromatic nitrogens is 3. The van der Waals surface area contributed by atoms with Gasteiger partial charge in [-0.05, 0) is 29.8 Å². The average Bonchev–Trinajstić information content (AvgIpc) is 3.12. The van der Waals surface area contributed by atoms with Gasteiger partial charge < -0.3 is 10.6 Å². The first-order valence-electron chi connectivity index (χ1n) is 7.62. The Morgan fingerprint density at radius 3 is 2.52 bits per heavy atom. The minimum absolute atomic E-state index is 0.0377. The SMILES string of the molecule is O=C(NCc1ccncc1)c1cc(NC(=O)c2cc(F)c(F)cc2Cl)[nH]n1. The Labute approximate surface area is 156 Å². The van der Waals surface area contributed by atoms with E-state index in [-0.39, 0.29) is 28.6 Å². The molecule has 1 aromatic carbocycles. The lowest BCUT2D eigenvalue weighted by Crippen LogP contribution is -2.23. The van der Waals surface area contributed by atoms with Crippen LogP contribution in [-0.4, -0.2) is 27.0 Å². The van der Waals surface area contributed by atoms with Gasteiger partial charge in [0.1, 0.15) is 5.82 Å². The number of nitrogens with zero attached hydrogens (tertiary/aromatic N) is 2. The molecule has 10 heteroatoms. The van der Waals surface area contributed by atoms with Crippen LogP contribution in [0, 0.1) is 11.6 Å². The summed E-state index contributed by atoms with van der Waals surface area (Å²) >= 11 is 5.76. The summed E-state index contributed by atoms with van der Waals surface area (Å²) in [5.74, 6) is -3.52. The number of halogens is 3. The van der Waals surface area contributed by atoms with E-state index < -0.39 is 23.4 Å². The van der Waals surface area contributed by atoms with Crippen molar-refractivity contribution >= 4 is 29.2 Å². The molecule has 0 aliphatic heterocycles. The van der Waals surface area contributed by atoms with E-state index in [1.54, 1.807) is 24.5 Å². The van der Waals surface area contributed by atoms with Gasteiger partial charge in [-0.3, -0.25) is 19.7 Å². The number of pyridine rings is 1. The lowest BCUT2D eigenvalue weighted by Gasteiger charge is -2.05. The molecule has 0 saturated heterocycles. The van der Waals surface area contributed by atoms with Gasteiger partial charge in [-0.2, -0.15) is 5.10 Å². The predicted octanol–water partition coefficient (Wildman–Crippen LogP) is 2.92. The number of nitrogens with one attached hydrogen (secondary N) is 3. The molecule has 3 N–H and O–H groups in total. The molecule has 138 valence electrons. The van der Waals surface area contributed by atoms with E-state index in [0.717, 1.165) is 5.56 Å². The van der Waals surface area contributed by atoms with E-state index in [4.69, 9.17) is 11.6 Å². The van der Waals surface area contributed by atoms with Crippen LogP contribution in [0.25, 0.3) is 0 Å². The highest BCUT2D eigenvalue weighted by molar-refractivity contribution is 6.34. The van der Waals surface area contributed by atoms with Crippen LogP contribution in [-0.2, 0) is 6.54 Å². The van der Waals surface area contributed by atoms with Crippen LogP contribution in [0.1, 0.15) is 26.4 Å². The van der Waals surface area contributed by atoms with Crippen LogP contribution in [0.5, 0.6) is 0 Å². The van der Waals surface area contributed by atoms with Crippen molar-refractivity contribution in [3.05, 3.63) is 76.2 Å². The summed E-state index contributed by atoms with van der Waals surface area (Å²) in [4.78, 5) is 28.1. The summed E-state index contributed by atoms with van der Waals surface area (Å²) in [5, 5.41) is 11.1. The van der Waals surface area contributed by atoms with Crippen LogP contribution in [0.4, 0.5) is 14.6 Å². The second-order valence-corrected chi connectivity index (χ2v) is 5.81. The minimum atomic E-state index is -1.20. The maximum atomic E-state index is 13.3. The Morgan fingerprint density at radius 1 is 1.07 bits per heavy atom. The number of carbonyl (C=O) groups is 2. The third kappa shape index (κ3) is 4.45. The number of amides is 2. The quantitative estimate of drug-likeness (QED) is 0.582. The molecule has 3 aromatic rings. The maximum Gasteiger partial charge on any atom is 0.272 e. The molecule has 0 radical (unpaired) electrons. The molecule has 0 bridgehead atoms. The zero-order valence-corrected chi connectivity index (χ0v) is 14.3. The number of anilines is 1.